The molecule has 0 rings (SSSR count). The smallest absolute Gasteiger partial charge is 0.306 e. The number of carbonyl (C=O) groups is 2. The normalized spacial score (nSPS) is 13.2. The number of rotatable bonds is 5. The molecule has 0 saturated heterocycles. The second-order valence-corrected chi connectivity index (χ2v) is 2.83. The van der Waals surface area contributed by atoms with Gasteiger partial charge in [0.15, 0.2) is 5.78 Å². The van der Waals surface area contributed by atoms with Crippen molar-refractivity contribution in [2.75, 3.05) is 0 Å². The van der Waals surface area contributed by atoms with Crippen molar-refractivity contribution in [3.05, 3.63) is 12.2 Å². The molecule has 0 saturated carbocycles. The van der Waals surface area contributed by atoms with E-state index in [1.165, 1.54) is 13.0 Å². The number of ketones is 1. The van der Waals surface area contributed by atoms with Crippen LogP contribution in [-0.4, -0.2) is 16.9 Å². The van der Waals surface area contributed by atoms with Crippen molar-refractivity contribution in [1.29, 1.82) is 0 Å². The molecule has 3 heteroatoms. The lowest BCUT2D eigenvalue weighted by atomic mass is 10.1. The molecule has 0 aromatic carbocycles. The lowest BCUT2D eigenvalue weighted by Gasteiger charge is -2.01. The lowest BCUT2D eigenvalue weighted by molar-refractivity contribution is -0.141. The van der Waals surface area contributed by atoms with E-state index in [4.69, 9.17) is 5.11 Å². The summed E-state index contributed by atoms with van der Waals surface area (Å²) in [5, 5.41) is 8.50. The van der Waals surface area contributed by atoms with Gasteiger partial charge in [-0.05, 0) is 25.8 Å². The fourth-order valence-corrected chi connectivity index (χ4v) is 0.719. The molecule has 0 aliphatic rings. The predicted octanol–water partition coefficient (Wildman–Crippen LogP) is 1.63. The number of carboxylic acids is 1. The molecule has 0 aliphatic heterocycles. The Hall–Kier alpha value is -1.12. The van der Waals surface area contributed by atoms with Gasteiger partial charge in [-0.3, -0.25) is 9.59 Å². The Balaban J connectivity index is 3.56. The Morgan fingerprint density at radius 1 is 1.50 bits per heavy atom. The van der Waals surface area contributed by atoms with Gasteiger partial charge in [0.25, 0.3) is 0 Å². The molecule has 0 radical (unpaired) electrons. The van der Waals surface area contributed by atoms with Gasteiger partial charge >= 0.3 is 5.97 Å². The molecule has 1 atom stereocenters. The van der Waals surface area contributed by atoms with Gasteiger partial charge in [0.05, 0.1) is 5.92 Å². The molecule has 0 spiro atoms. The first-order valence-corrected chi connectivity index (χ1v) is 3.94. The van der Waals surface area contributed by atoms with Crippen molar-refractivity contribution in [2.45, 2.75) is 26.7 Å². The molecule has 0 bridgehead atoms. The highest BCUT2D eigenvalue weighted by atomic mass is 16.4. The van der Waals surface area contributed by atoms with Crippen LogP contribution < -0.4 is 0 Å². The van der Waals surface area contributed by atoms with Crippen molar-refractivity contribution in [3.63, 3.8) is 0 Å². The minimum absolute atomic E-state index is 0.00187. The molecule has 3 nitrogen and oxygen atoms in total. The summed E-state index contributed by atoms with van der Waals surface area (Å²) >= 11 is 0. The van der Waals surface area contributed by atoms with Crippen LogP contribution in [0.15, 0.2) is 12.2 Å². The maximum absolute atomic E-state index is 10.4. The van der Waals surface area contributed by atoms with E-state index in [1.807, 2.05) is 0 Å². The van der Waals surface area contributed by atoms with E-state index < -0.39 is 5.97 Å². The van der Waals surface area contributed by atoms with E-state index in [2.05, 4.69) is 0 Å². The molecule has 0 fully saturated rings. The van der Waals surface area contributed by atoms with Crippen LogP contribution >= 0.6 is 0 Å². The van der Waals surface area contributed by atoms with Crippen molar-refractivity contribution in [1.82, 2.24) is 0 Å². The lowest BCUT2D eigenvalue weighted by Crippen LogP contribution is -2.08. The van der Waals surface area contributed by atoms with Crippen LogP contribution in [0.3, 0.4) is 0 Å². The maximum Gasteiger partial charge on any atom is 0.306 e. The Labute approximate surface area is 72.1 Å². The molecule has 0 aliphatic carbocycles. The van der Waals surface area contributed by atoms with Gasteiger partial charge in [0.2, 0.25) is 0 Å². The molecule has 0 aromatic rings. The summed E-state index contributed by atoms with van der Waals surface area (Å²) < 4.78 is 0. The van der Waals surface area contributed by atoms with Gasteiger partial charge in [0.1, 0.15) is 0 Å². The topological polar surface area (TPSA) is 54.4 Å². The molecule has 12 heavy (non-hydrogen) atoms. The number of carboxylic acid groups (broad SMARTS) is 1. The van der Waals surface area contributed by atoms with Crippen LogP contribution in [0.5, 0.6) is 0 Å². The molecule has 68 valence electrons. The number of allylic oxidation sites excluding steroid dienone is 2. The van der Waals surface area contributed by atoms with E-state index in [-0.39, 0.29) is 11.7 Å². The van der Waals surface area contributed by atoms with Crippen molar-refractivity contribution < 1.29 is 14.7 Å². The molecular weight excluding hydrogens is 156 g/mol. The van der Waals surface area contributed by atoms with E-state index in [0.717, 1.165) is 0 Å². The number of aliphatic carboxylic acids is 1. The fourth-order valence-electron chi connectivity index (χ4n) is 0.719. The van der Waals surface area contributed by atoms with Gasteiger partial charge in [-0.25, -0.2) is 0 Å². The second kappa shape index (κ2) is 5.52. The van der Waals surface area contributed by atoms with Gasteiger partial charge in [-0.1, -0.05) is 13.0 Å². The van der Waals surface area contributed by atoms with Crippen molar-refractivity contribution >= 4 is 11.8 Å². The summed E-state index contributed by atoms with van der Waals surface area (Å²) in [7, 11) is 0. The van der Waals surface area contributed by atoms with Crippen LogP contribution in [0.25, 0.3) is 0 Å². The van der Waals surface area contributed by atoms with Gasteiger partial charge < -0.3 is 5.11 Å². The van der Waals surface area contributed by atoms with Crippen molar-refractivity contribution in [2.24, 2.45) is 5.92 Å². The molecule has 1 N–H and O–H groups in total. The molecule has 0 amide bonds. The highest BCUT2D eigenvalue weighted by Crippen LogP contribution is 2.05. The summed E-state index contributed by atoms with van der Waals surface area (Å²) in [6.45, 7) is 3.13. The zero-order chi connectivity index (χ0) is 9.56. The number of hydrogen-bond acceptors (Lipinski definition) is 2. The number of carbonyl (C=O) groups excluding carboxylic acids is 1. The Morgan fingerprint density at radius 3 is 2.50 bits per heavy atom. The Bertz CT molecular complexity index is 194. The maximum atomic E-state index is 10.4. The molecular formula is C9H14O3. The first kappa shape index (κ1) is 10.9. The summed E-state index contributed by atoms with van der Waals surface area (Å²) in [6.07, 6.45) is 4.41. The van der Waals surface area contributed by atoms with E-state index >= 15 is 0 Å². The van der Waals surface area contributed by atoms with Gasteiger partial charge in [0, 0.05) is 0 Å². The van der Waals surface area contributed by atoms with E-state index in [1.54, 1.807) is 13.0 Å². The zero-order valence-electron chi connectivity index (χ0n) is 7.41. The molecule has 0 aromatic heterocycles. The van der Waals surface area contributed by atoms with Gasteiger partial charge in [-0.15, -0.1) is 0 Å². The predicted molar refractivity (Wildman–Crippen MR) is 45.9 cm³/mol. The third-order valence-electron chi connectivity index (χ3n) is 1.54. The highest BCUT2D eigenvalue weighted by molar-refractivity contribution is 5.87. The quantitative estimate of drug-likeness (QED) is 0.638. The highest BCUT2D eigenvalue weighted by Gasteiger charge is 2.08. The SMILES string of the molecule is CC(=O)C=CCCC(C)C(=O)O. The van der Waals surface area contributed by atoms with Crippen LogP contribution in [0, 0.1) is 5.92 Å². The van der Waals surface area contributed by atoms with Crippen molar-refractivity contribution in [3.8, 4) is 0 Å². The summed E-state index contributed by atoms with van der Waals surface area (Å²) in [4.78, 5) is 20.8. The first-order valence-electron chi connectivity index (χ1n) is 3.94. The van der Waals surface area contributed by atoms with Crippen LogP contribution in [0.4, 0.5) is 0 Å². The van der Waals surface area contributed by atoms with Crippen LogP contribution in [0.2, 0.25) is 0 Å². The monoisotopic (exact) mass is 170 g/mol. The molecule has 0 heterocycles. The van der Waals surface area contributed by atoms with Crippen LogP contribution in [0.1, 0.15) is 26.7 Å². The standard InChI is InChI=1S/C9H14O3/c1-7(9(11)12)5-3-4-6-8(2)10/h4,6-7H,3,5H2,1-2H3,(H,11,12). The largest absolute Gasteiger partial charge is 0.481 e. The average molecular weight is 170 g/mol. The minimum Gasteiger partial charge on any atom is -0.481 e. The molecule has 1 unspecified atom stereocenters. The number of hydrogen-bond donors (Lipinski definition) is 1. The Kier molecular flexibility index (Phi) is 5.00. The average Bonchev–Trinajstić information content (AvgIpc) is 1.97. The van der Waals surface area contributed by atoms with E-state index in [9.17, 15) is 9.59 Å². The summed E-state index contributed by atoms with van der Waals surface area (Å²) in [5.74, 6) is -1.12. The van der Waals surface area contributed by atoms with E-state index in [0.29, 0.717) is 12.8 Å². The third-order valence-corrected chi connectivity index (χ3v) is 1.54. The first-order chi connectivity index (χ1) is 5.54. The zero-order valence-corrected chi connectivity index (χ0v) is 7.41. The summed E-state index contributed by atoms with van der Waals surface area (Å²) in [6, 6.07) is 0. The minimum atomic E-state index is -0.786. The van der Waals surface area contributed by atoms with Gasteiger partial charge in [-0.2, -0.15) is 0 Å². The fraction of sp³-hybridized carbons (Fsp3) is 0.556. The van der Waals surface area contributed by atoms with Crippen LogP contribution in [-0.2, 0) is 9.59 Å². The summed E-state index contributed by atoms with van der Waals surface area (Å²) in [5.41, 5.74) is 0. The Morgan fingerprint density at radius 2 is 2.08 bits per heavy atom. The second-order valence-electron chi connectivity index (χ2n) is 2.83. The third kappa shape index (κ3) is 5.65.